The van der Waals surface area contributed by atoms with Gasteiger partial charge in [0.15, 0.2) is 0 Å². The van der Waals surface area contributed by atoms with Gasteiger partial charge in [0.05, 0.1) is 10.5 Å². The normalized spacial score (nSPS) is 10.3. The van der Waals surface area contributed by atoms with E-state index in [0.29, 0.717) is 16.9 Å². The number of benzene rings is 2. The predicted molar refractivity (Wildman–Crippen MR) is 83.2 cm³/mol. The lowest BCUT2D eigenvalue weighted by molar-refractivity contribution is -0.385. The molecular formula is C17H17NO4. The van der Waals surface area contributed by atoms with Gasteiger partial charge in [-0.25, -0.2) is 4.79 Å². The first kappa shape index (κ1) is 15.7. The molecule has 0 N–H and O–H groups in total. The number of ether oxygens (including phenoxy) is 1. The number of carbonyl (C=O) groups excluding carboxylic acids is 1. The lowest BCUT2D eigenvalue weighted by Gasteiger charge is -2.06. The Morgan fingerprint density at radius 1 is 1.18 bits per heavy atom. The Hall–Kier alpha value is -2.69. The van der Waals surface area contributed by atoms with Gasteiger partial charge in [0, 0.05) is 11.6 Å². The van der Waals surface area contributed by atoms with Crippen LogP contribution in [-0.4, -0.2) is 10.9 Å². The van der Waals surface area contributed by atoms with E-state index >= 15 is 0 Å². The third kappa shape index (κ3) is 3.69. The van der Waals surface area contributed by atoms with Crippen molar-refractivity contribution in [3.63, 3.8) is 0 Å². The molecule has 0 amide bonds. The van der Waals surface area contributed by atoms with Crippen LogP contribution >= 0.6 is 0 Å². The first-order valence-electron chi connectivity index (χ1n) is 7.07. The van der Waals surface area contributed by atoms with Gasteiger partial charge in [0.2, 0.25) is 0 Å². The van der Waals surface area contributed by atoms with Crippen molar-refractivity contribution in [2.75, 3.05) is 0 Å². The van der Waals surface area contributed by atoms with E-state index < -0.39 is 10.9 Å². The van der Waals surface area contributed by atoms with E-state index in [-0.39, 0.29) is 5.69 Å². The molecule has 0 radical (unpaired) electrons. The Balaban J connectivity index is 2.11. The van der Waals surface area contributed by atoms with Crippen LogP contribution in [0.2, 0.25) is 0 Å². The number of hydrogen-bond acceptors (Lipinski definition) is 4. The standard InChI is InChI=1S/C17H17NO4/c1-3-4-13-5-8-15(9-6-13)22-17(19)14-7-10-16(18(20)21)12(2)11-14/h5-11H,3-4H2,1-2H3. The number of nitro benzene ring substituents is 1. The van der Waals surface area contributed by atoms with Crippen molar-refractivity contribution in [2.45, 2.75) is 26.7 Å². The van der Waals surface area contributed by atoms with Crippen molar-refractivity contribution in [3.05, 3.63) is 69.3 Å². The van der Waals surface area contributed by atoms with Crippen molar-refractivity contribution in [2.24, 2.45) is 0 Å². The molecule has 0 aromatic heterocycles. The highest BCUT2D eigenvalue weighted by Crippen LogP contribution is 2.20. The van der Waals surface area contributed by atoms with Crippen LogP contribution in [-0.2, 0) is 6.42 Å². The second-order valence-electron chi connectivity index (χ2n) is 5.04. The summed E-state index contributed by atoms with van der Waals surface area (Å²) >= 11 is 0. The Kier molecular flexibility index (Phi) is 4.88. The smallest absolute Gasteiger partial charge is 0.343 e. The lowest BCUT2D eigenvalue weighted by Crippen LogP contribution is -2.09. The molecule has 0 aliphatic rings. The molecule has 0 atom stereocenters. The minimum atomic E-state index is -0.527. The van der Waals surface area contributed by atoms with Crippen LogP contribution < -0.4 is 4.74 Å². The van der Waals surface area contributed by atoms with Gasteiger partial charge in [0.25, 0.3) is 5.69 Å². The molecule has 2 aromatic rings. The molecule has 0 aliphatic carbocycles. The van der Waals surface area contributed by atoms with E-state index in [2.05, 4.69) is 6.92 Å². The molecule has 5 nitrogen and oxygen atoms in total. The van der Waals surface area contributed by atoms with Gasteiger partial charge in [0.1, 0.15) is 5.75 Å². The van der Waals surface area contributed by atoms with Crippen molar-refractivity contribution in [3.8, 4) is 5.75 Å². The Morgan fingerprint density at radius 3 is 2.41 bits per heavy atom. The molecule has 2 rings (SSSR count). The summed E-state index contributed by atoms with van der Waals surface area (Å²) < 4.78 is 5.28. The number of rotatable bonds is 5. The zero-order valence-corrected chi connectivity index (χ0v) is 12.5. The summed E-state index contributed by atoms with van der Waals surface area (Å²) in [6.07, 6.45) is 2.04. The summed E-state index contributed by atoms with van der Waals surface area (Å²) in [7, 11) is 0. The van der Waals surface area contributed by atoms with E-state index in [1.165, 1.54) is 23.8 Å². The van der Waals surface area contributed by atoms with Gasteiger partial charge in [-0.1, -0.05) is 25.5 Å². The first-order chi connectivity index (χ1) is 10.5. The highest BCUT2D eigenvalue weighted by atomic mass is 16.6. The minimum Gasteiger partial charge on any atom is -0.423 e. The van der Waals surface area contributed by atoms with Crippen molar-refractivity contribution >= 4 is 11.7 Å². The second kappa shape index (κ2) is 6.85. The molecule has 0 saturated heterocycles. The van der Waals surface area contributed by atoms with Gasteiger partial charge in [-0.05, 0) is 43.2 Å². The second-order valence-corrected chi connectivity index (χ2v) is 5.04. The van der Waals surface area contributed by atoms with Crippen LogP contribution in [0.1, 0.15) is 34.8 Å². The van der Waals surface area contributed by atoms with Gasteiger partial charge in [-0.15, -0.1) is 0 Å². The average Bonchev–Trinajstić information content (AvgIpc) is 2.49. The van der Waals surface area contributed by atoms with E-state index in [1.807, 2.05) is 12.1 Å². The van der Waals surface area contributed by atoms with Gasteiger partial charge >= 0.3 is 5.97 Å². The lowest BCUT2D eigenvalue weighted by atomic mass is 10.1. The van der Waals surface area contributed by atoms with Crippen LogP contribution in [0, 0.1) is 17.0 Å². The molecule has 0 fully saturated rings. The monoisotopic (exact) mass is 299 g/mol. The van der Waals surface area contributed by atoms with Gasteiger partial charge < -0.3 is 4.74 Å². The van der Waals surface area contributed by atoms with Crippen LogP contribution in [0.3, 0.4) is 0 Å². The zero-order valence-electron chi connectivity index (χ0n) is 12.5. The van der Waals surface area contributed by atoms with Crippen molar-refractivity contribution < 1.29 is 14.5 Å². The summed E-state index contributed by atoms with van der Waals surface area (Å²) in [6.45, 7) is 3.69. The maximum Gasteiger partial charge on any atom is 0.343 e. The fourth-order valence-electron chi connectivity index (χ4n) is 2.17. The number of aryl methyl sites for hydroxylation is 2. The first-order valence-corrected chi connectivity index (χ1v) is 7.07. The predicted octanol–water partition coefficient (Wildman–Crippen LogP) is 4.07. The summed E-state index contributed by atoms with van der Waals surface area (Å²) in [5, 5.41) is 10.8. The molecule has 2 aromatic carbocycles. The van der Waals surface area contributed by atoms with Crippen LogP contribution in [0.15, 0.2) is 42.5 Å². The molecule has 5 heteroatoms. The van der Waals surface area contributed by atoms with Crippen LogP contribution in [0.25, 0.3) is 0 Å². The van der Waals surface area contributed by atoms with E-state index in [4.69, 9.17) is 4.74 Å². The third-order valence-corrected chi connectivity index (χ3v) is 3.30. The Labute approximate surface area is 128 Å². The summed E-state index contributed by atoms with van der Waals surface area (Å²) in [5.41, 5.74) is 1.90. The van der Waals surface area contributed by atoms with Crippen LogP contribution in [0.4, 0.5) is 5.69 Å². The average molecular weight is 299 g/mol. The SMILES string of the molecule is CCCc1ccc(OC(=O)c2ccc([N+](=O)[O-])c(C)c2)cc1. The topological polar surface area (TPSA) is 69.4 Å². The Bertz CT molecular complexity index is 692. The van der Waals surface area contributed by atoms with Crippen LogP contribution in [0.5, 0.6) is 5.75 Å². The largest absolute Gasteiger partial charge is 0.423 e. The van der Waals surface area contributed by atoms with E-state index in [0.717, 1.165) is 12.8 Å². The molecule has 0 spiro atoms. The fraction of sp³-hybridized carbons (Fsp3) is 0.235. The molecule has 0 aliphatic heterocycles. The van der Waals surface area contributed by atoms with Crippen molar-refractivity contribution in [1.29, 1.82) is 0 Å². The zero-order chi connectivity index (χ0) is 16.1. The minimum absolute atomic E-state index is 0.0135. The van der Waals surface area contributed by atoms with Crippen molar-refractivity contribution in [1.82, 2.24) is 0 Å². The molecular weight excluding hydrogens is 282 g/mol. The molecule has 0 saturated carbocycles. The van der Waals surface area contributed by atoms with Gasteiger partial charge in [-0.2, -0.15) is 0 Å². The van der Waals surface area contributed by atoms with E-state index in [1.54, 1.807) is 19.1 Å². The quantitative estimate of drug-likeness (QED) is 0.361. The molecule has 22 heavy (non-hydrogen) atoms. The van der Waals surface area contributed by atoms with E-state index in [9.17, 15) is 14.9 Å². The molecule has 0 bridgehead atoms. The maximum atomic E-state index is 12.1. The summed E-state index contributed by atoms with van der Waals surface area (Å²) in [6, 6.07) is 11.5. The Morgan fingerprint density at radius 2 is 1.86 bits per heavy atom. The summed E-state index contributed by atoms with van der Waals surface area (Å²) in [4.78, 5) is 22.4. The third-order valence-electron chi connectivity index (χ3n) is 3.30. The number of hydrogen-bond donors (Lipinski definition) is 0. The number of carbonyl (C=O) groups is 1. The number of nitro groups is 1. The van der Waals surface area contributed by atoms with Gasteiger partial charge in [-0.3, -0.25) is 10.1 Å². The fourth-order valence-corrected chi connectivity index (χ4v) is 2.17. The highest BCUT2D eigenvalue weighted by molar-refractivity contribution is 5.91. The maximum absolute atomic E-state index is 12.1. The molecule has 114 valence electrons. The molecule has 0 heterocycles. The number of nitrogens with zero attached hydrogens (tertiary/aromatic N) is 1. The number of esters is 1. The molecule has 0 unspecified atom stereocenters. The summed E-state index contributed by atoms with van der Waals surface area (Å²) in [5.74, 6) is -0.0675. The highest BCUT2D eigenvalue weighted by Gasteiger charge is 2.15.